The van der Waals surface area contributed by atoms with E-state index >= 15 is 0 Å². The van der Waals surface area contributed by atoms with Crippen molar-refractivity contribution in [3.63, 3.8) is 0 Å². The van der Waals surface area contributed by atoms with E-state index in [1.54, 1.807) is 18.5 Å². The molecule has 0 unspecified atom stereocenters. The van der Waals surface area contributed by atoms with Crippen LogP contribution in [0.5, 0.6) is 0 Å². The summed E-state index contributed by atoms with van der Waals surface area (Å²) in [4.78, 5) is 3.88. The molecule has 2 aromatic rings. The maximum atomic E-state index is 8.56. The summed E-state index contributed by atoms with van der Waals surface area (Å²) in [6, 6.07) is 3.75. The van der Waals surface area contributed by atoms with Crippen LogP contribution in [0.4, 0.5) is 0 Å². The van der Waals surface area contributed by atoms with E-state index in [9.17, 15) is 0 Å². The second-order valence-electron chi connectivity index (χ2n) is 2.11. The molecule has 0 amide bonds. The third kappa shape index (κ3) is 0.749. The van der Waals surface area contributed by atoms with Gasteiger partial charge < -0.3 is 0 Å². The molecule has 0 fully saturated rings. The summed E-state index contributed by atoms with van der Waals surface area (Å²) in [7, 11) is 0. The van der Waals surface area contributed by atoms with Crippen LogP contribution in [0.1, 0.15) is 5.69 Å². The average Bonchev–Trinajstić information content (AvgIpc) is 2.47. The molecule has 0 aliphatic rings. The number of aromatic nitrogens is 3. The Morgan fingerprint density at radius 2 is 2.45 bits per heavy atom. The van der Waals surface area contributed by atoms with E-state index in [0.29, 0.717) is 5.69 Å². The monoisotopic (exact) mass is 144 g/mol. The molecular formula is C7H4N4. The van der Waals surface area contributed by atoms with Crippen LogP contribution in [0.15, 0.2) is 18.5 Å². The molecule has 4 nitrogen and oxygen atoms in total. The van der Waals surface area contributed by atoms with Gasteiger partial charge in [0.05, 0.1) is 10.9 Å². The highest BCUT2D eigenvalue weighted by Crippen LogP contribution is 2.11. The summed E-state index contributed by atoms with van der Waals surface area (Å²) in [5.74, 6) is 0. The minimum atomic E-state index is 0.396. The molecule has 0 radical (unpaired) electrons. The van der Waals surface area contributed by atoms with Crippen LogP contribution in [0.3, 0.4) is 0 Å². The smallest absolute Gasteiger partial charge is 0.171 e. The Kier molecular flexibility index (Phi) is 1.10. The molecule has 2 heterocycles. The molecule has 0 aliphatic carbocycles. The minimum Gasteiger partial charge on any atom is -0.276 e. The zero-order chi connectivity index (χ0) is 7.68. The molecule has 0 aromatic carbocycles. The highest BCUT2D eigenvalue weighted by atomic mass is 15.1. The van der Waals surface area contributed by atoms with Gasteiger partial charge in [-0.25, -0.2) is 0 Å². The normalized spacial score (nSPS) is 9.73. The maximum Gasteiger partial charge on any atom is 0.171 e. The van der Waals surface area contributed by atoms with Crippen molar-refractivity contribution in [3.8, 4) is 6.07 Å². The van der Waals surface area contributed by atoms with Gasteiger partial charge in [-0.3, -0.25) is 10.1 Å². The molecule has 2 rings (SSSR count). The van der Waals surface area contributed by atoms with E-state index in [1.807, 2.05) is 6.07 Å². The van der Waals surface area contributed by atoms with E-state index in [0.717, 1.165) is 10.9 Å². The van der Waals surface area contributed by atoms with Gasteiger partial charge in [-0.15, -0.1) is 0 Å². The lowest BCUT2D eigenvalue weighted by molar-refractivity contribution is 1.10. The molecule has 1 N–H and O–H groups in total. The second kappa shape index (κ2) is 2.06. The predicted octanol–water partition coefficient (Wildman–Crippen LogP) is 0.830. The number of nitrogens with zero attached hydrogens (tertiary/aromatic N) is 3. The Morgan fingerprint density at radius 3 is 3.27 bits per heavy atom. The Bertz CT molecular complexity index is 423. The van der Waals surface area contributed by atoms with Gasteiger partial charge in [0.25, 0.3) is 0 Å². The number of aromatic amines is 1. The van der Waals surface area contributed by atoms with E-state index < -0.39 is 0 Å². The Hall–Kier alpha value is -1.89. The van der Waals surface area contributed by atoms with Gasteiger partial charge in [0.1, 0.15) is 6.07 Å². The Labute approximate surface area is 62.5 Å². The van der Waals surface area contributed by atoms with Crippen molar-refractivity contribution < 1.29 is 0 Å². The first-order chi connectivity index (χ1) is 5.42. The van der Waals surface area contributed by atoms with Crippen LogP contribution in [-0.4, -0.2) is 15.2 Å². The number of hydrogen-bond donors (Lipinski definition) is 1. The number of H-pyrrole nitrogens is 1. The summed E-state index contributed by atoms with van der Waals surface area (Å²) in [5.41, 5.74) is 1.24. The van der Waals surface area contributed by atoms with E-state index in [4.69, 9.17) is 5.26 Å². The molecule has 4 heteroatoms. The second-order valence-corrected chi connectivity index (χ2v) is 2.11. The van der Waals surface area contributed by atoms with Crippen LogP contribution in [0.25, 0.3) is 10.9 Å². The SMILES string of the molecule is N#Cc1n[nH]c2ccncc12. The lowest BCUT2D eigenvalue weighted by Crippen LogP contribution is -1.73. The predicted molar refractivity (Wildman–Crippen MR) is 38.6 cm³/mol. The number of rotatable bonds is 0. The number of nitrogens with one attached hydrogen (secondary N) is 1. The minimum absolute atomic E-state index is 0.396. The molecule has 0 bridgehead atoms. The molecule has 0 spiro atoms. The van der Waals surface area contributed by atoms with Crippen LogP contribution in [-0.2, 0) is 0 Å². The van der Waals surface area contributed by atoms with Crippen molar-refractivity contribution in [1.82, 2.24) is 15.2 Å². The maximum absolute atomic E-state index is 8.56. The van der Waals surface area contributed by atoms with Gasteiger partial charge in [0.15, 0.2) is 5.69 Å². The van der Waals surface area contributed by atoms with E-state index in [2.05, 4.69) is 15.2 Å². The van der Waals surface area contributed by atoms with Gasteiger partial charge in [-0.05, 0) is 6.07 Å². The van der Waals surface area contributed by atoms with Crippen LogP contribution in [0.2, 0.25) is 0 Å². The van der Waals surface area contributed by atoms with E-state index in [1.165, 1.54) is 0 Å². The number of pyridine rings is 1. The molecule has 0 atom stereocenters. The third-order valence-corrected chi connectivity index (χ3v) is 1.47. The van der Waals surface area contributed by atoms with Crippen molar-refractivity contribution in [2.75, 3.05) is 0 Å². The molecule has 0 aliphatic heterocycles. The van der Waals surface area contributed by atoms with Crippen molar-refractivity contribution in [2.45, 2.75) is 0 Å². The molecule has 0 saturated heterocycles. The van der Waals surface area contributed by atoms with Crippen LogP contribution < -0.4 is 0 Å². The average molecular weight is 144 g/mol. The standard InChI is InChI=1S/C7H4N4/c8-3-7-5-4-9-2-1-6(5)10-11-7/h1-2,4H,(H,10,11). The first-order valence-corrected chi connectivity index (χ1v) is 3.10. The fourth-order valence-corrected chi connectivity index (χ4v) is 0.942. The van der Waals surface area contributed by atoms with E-state index in [-0.39, 0.29) is 0 Å². The summed E-state index contributed by atoms with van der Waals surface area (Å²) in [6.07, 6.45) is 3.28. The molecule has 0 saturated carbocycles. The highest BCUT2D eigenvalue weighted by molar-refractivity contribution is 5.82. The van der Waals surface area contributed by atoms with Crippen LogP contribution >= 0.6 is 0 Å². The fraction of sp³-hybridized carbons (Fsp3) is 0. The summed E-state index contributed by atoms with van der Waals surface area (Å²) in [5, 5.41) is 15.9. The summed E-state index contributed by atoms with van der Waals surface area (Å²) >= 11 is 0. The van der Waals surface area contributed by atoms with Crippen molar-refractivity contribution in [3.05, 3.63) is 24.2 Å². The Morgan fingerprint density at radius 1 is 1.55 bits per heavy atom. The van der Waals surface area contributed by atoms with Crippen molar-refractivity contribution in [2.24, 2.45) is 0 Å². The molecule has 2 aromatic heterocycles. The zero-order valence-electron chi connectivity index (χ0n) is 5.57. The van der Waals surface area contributed by atoms with Crippen molar-refractivity contribution >= 4 is 10.9 Å². The van der Waals surface area contributed by atoms with Gasteiger partial charge >= 0.3 is 0 Å². The first-order valence-electron chi connectivity index (χ1n) is 3.10. The highest BCUT2D eigenvalue weighted by Gasteiger charge is 2.01. The lowest BCUT2D eigenvalue weighted by atomic mass is 10.3. The summed E-state index contributed by atoms with van der Waals surface area (Å²) in [6.45, 7) is 0. The van der Waals surface area contributed by atoms with Gasteiger partial charge in [0, 0.05) is 12.4 Å². The zero-order valence-corrected chi connectivity index (χ0v) is 5.57. The Balaban J connectivity index is 2.89. The third-order valence-electron chi connectivity index (χ3n) is 1.47. The van der Waals surface area contributed by atoms with Gasteiger partial charge in [-0.2, -0.15) is 10.4 Å². The number of hydrogen-bond acceptors (Lipinski definition) is 3. The molecular weight excluding hydrogens is 140 g/mol. The van der Waals surface area contributed by atoms with Gasteiger partial charge in [-0.1, -0.05) is 0 Å². The quantitative estimate of drug-likeness (QED) is 0.595. The van der Waals surface area contributed by atoms with Crippen molar-refractivity contribution in [1.29, 1.82) is 5.26 Å². The fourth-order valence-electron chi connectivity index (χ4n) is 0.942. The first kappa shape index (κ1) is 5.86. The largest absolute Gasteiger partial charge is 0.276 e. The van der Waals surface area contributed by atoms with Gasteiger partial charge in [0.2, 0.25) is 0 Å². The lowest BCUT2D eigenvalue weighted by Gasteiger charge is -1.82. The molecule has 52 valence electrons. The summed E-state index contributed by atoms with van der Waals surface area (Å²) < 4.78 is 0. The molecule has 11 heavy (non-hydrogen) atoms. The van der Waals surface area contributed by atoms with Crippen LogP contribution in [0, 0.1) is 11.3 Å². The number of nitriles is 1. The topological polar surface area (TPSA) is 65.4 Å². The number of fused-ring (bicyclic) bond motifs is 1.